The molecule has 1 aromatic heterocycles. The summed E-state index contributed by atoms with van der Waals surface area (Å²) >= 11 is 6.35. The van der Waals surface area contributed by atoms with Crippen molar-refractivity contribution in [2.45, 2.75) is 39.0 Å². The lowest BCUT2D eigenvalue weighted by Crippen LogP contribution is -2.20. The average molecular weight is 427 g/mol. The van der Waals surface area contributed by atoms with Crippen LogP contribution >= 0.6 is 11.6 Å². The molecule has 0 fully saturated rings. The van der Waals surface area contributed by atoms with Crippen LogP contribution in [0.1, 0.15) is 57.3 Å². The fourth-order valence-electron chi connectivity index (χ4n) is 4.03. The van der Waals surface area contributed by atoms with Gasteiger partial charge in [0, 0.05) is 11.1 Å². The maximum Gasteiger partial charge on any atom is 0.335 e. The highest BCUT2D eigenvalue weighted by Gasteiger charge is 2.28. The Bertz CT molecular complexity index is 1170. The van der Waals surface area contributed by atoms with Gasteiger partial charge in [-0.1, -0.05) is 30.7 Å². The minimum absolute atomic E-state index is 0.135. The van der Waals surface area contributed by atoms with Gasteiger partial charge in [0.05, 0.1) is 27.5 Å². The van der Waals surface area contributed by atoms with Gasteiger partial charge in [-0.15, -0.1) is 0 Å². The highest BCUT2D eigenvalue weighted by atomic mass is 35.5. The van der Waals surface area contributed by atoms with Gasteiger partial charge in [-0.3, -0.25) is 4.79 Å². The molecule has 1 heterocycles. The number of aromatic carboxylic acids is 1. The zero-order valence-corrected chi connectivity index (χ0v) is 17.2. The predicted molar refractivity (Wildman–Crippen MR) is 112 cm³/mol. The molecule has 0 radical (unpaired) electrons. The number of benzene rings is 2. The maximum atomic E-state index is 14.8. The van der Waals surface area contributed by atoms with Gasteiger partial charge in [0.15, 0.2) is 0 Å². The molecule has 0 amide bonds. The van der Waals surface area contributed by atoms with Crippen LogP contribution in [-0.2, 0) is 19.3 Å². The van der Waals surface area contributed by atoms with E-state index in [9.17, 15) is 14.0 Å². The number of hydrogen-bond donors (Lipinski definition) is 1. The number of rotatable bonds is 4. The first-order valence-electron chi connectivity index (χ1n) is 9.88. The Morgan fingerprint density at radius 3 is 2.67 bits per heavy atom. The molecule has 7 heteroatoms. The number of aryl methyl sites for hydroxylation is 1. The van der Waals surface area contributed by atoms with Crippen molar-refractivity contribution in [2.24, 2.45) is 0 Å². The van der Waals surface area contributed by atoms with E-state index in [2.05, 4.69) is 5.10 Å². The third-order valence-electron chi connectivity index (χ3n) is 5.54. The van der Waals surface area contributed by atoms with Crippen molar-refractivity contribution < 1.29 is 19.1 Å². The molecule has 0 aliphatic heterocycles. The zero-order valence-electron chi connectivity index (χ0n) is 16.4. The normalized spacial score (nSPS) is 13.2. The largest absolute Gasteiger partial charge is 0.478 e. The Morgan fingerprint density at radius 2 is 1.97 bits per heavy atom. The molecule has 0 spiro atoms. The molecule has 4 rings (SSSR count). The number of carboxylic acid groups (broad SMARTS) is 1. The number of carboxylic acids is 1. The van der Waals surface area contributed by atoms with Crippen LogP contribution in [0.2, 0.25) is 5.02 Å². The molecule has 0 unspecified atom stereocenters. The summed E-state index contributed by atoms with van der Waals surface area (Å²) in [7, 11) is 0. The van der Waals surface area contributed by atoms with Crippen molar-refractivity contribution in [1.29, 1.82) is 0 Å². The third kappa shape index (κ3) is 3.41. The van der Waals surface area contributed by atoms with Crippen molar-refractivity contribution >= 4 is 23.5 Å². The standard InChI is InChI=1S/C23H20ClFN2O3/c1-2-13-6-5-8-17(24)20(13)22(28)27-19-9-4-3-7-16(19)21(26-27)15-11-10-14(23(29)30)12-18(15)25/h5-6,8,10-12H,2-4,7,9H2,1H3,(H,29,30). The Kier molecular flexibility index (Phi) is 5.43. The lowest BCUT2D eigenvalue weighted by atomic mass is 9.93. The van der Waals surface area contributed by atoms with Crippen LogP contribution in [0.5, 0.6) is 0 Å². The molecular formula is C23H20ClFN2O3. The van der Waals surface area contributed by atoms with E-state index in [0.717, 1.165) is 35.7 Å². The van der Waals surface area contributed by atoms with Gasteiger partial charge in [0.1, 0.15) is 5.82 Å². The summed E-state index contributed by atoms with van der Waals surface area (Å²) < 4.78 is 16.1. The van der Waals surface area contributed by atoms with E-state index in [1.54, 1.807) is 12.1 Å². The molecule has 2 aromatic carbocycles. The van der Waals surface area contributed by atoms with Crippen LogP contribution < -0.4 is 0 Å². The second-order valence-electron chi connectivity index (χ2n) is 7.33. The van der Waals surface area contributed by atoms with Gasteiger partial charge in [-0.25, -0.2) is 9.18 Å². The summed E-state index contributed by atoms with van der Waals surface area (Å²) in [5.41, 5.74) is 3.28. The molecule has 30 heavy (non-hydrogen) atoms. The Balaban J connectivity index is 1.88. The highest BCUT2D eigenvalue weighted by Crippen LogP contribution is 2.34. The van der Waals surface area contributed by atoms with Crippen LogP contribution in [0.15, 0.2) is 36.4 Å². The summed E-state index contributed by atoms with van der Waals surface area (Å²) in [5, 5.41) is 14.0. The van der Waals surface area contributed by atoms with Crippen LogP contribution in [0.25, 0.3) is 11.3 Å². The summed E-state index contributed by atoms with van der Waals surface area (Å²) in [5.74, 6) is -2.20. The fourth-order valence-corrected chi connectivity index (χ4v) is 4.31. The Labute approximate surface area is 178 Å². The number of carbonyl (C=O) groups excluding carboxylic acids is 1. The summed E-state index contributed by atoms with van der Waals surface area (Å²) in [6.07, 6.45) is 3.81. The SMILES string of the molecule is CCc1cccc(Cl)c1C(=O)n1nc(-c2ccc(C(=O)O)cc2F)c2c1CCCC2. The molecule has 0 atom stereocenters. The van der Waals surface area contributed by atoms with Crippen LogP contribution in [0, 0.1) is 5.82 Å². The van der Waals surface area contributed by atoms with Crippen molar-refractivity contribution in [3.8, 4) is 11.3 Å². The summed E-state index contributed by atoms with van der Waals surface area (Å²) in [6, 6.07) is 9.09. The van der Waals surface area contributed by atoms with E-state index < -0.39 is 11.8 Å². The number of nitrogens with zero attached hydrogens (tertiary/aromatic N) is 2. The number of halogens is 2. The first-order valence-corrected chi connectivity index (χ1v) is 10.3. The van der Waals surface area contributed by atoms with E-state index in [1.807, 2.05) is 13.0 Å². The zero-order chi connectivity index (χ0) is 21.4. The second-order valence-corrected chi connectivity index (χ2v) is 7.73. The van der Waals surface area contributed by atoms with E-state index >= 15 is 0 Å². The predicted octanol–water partition coefficient (Wildman–Crippen LogP) is 5.17. The maximum absolute atomic E-state index is 14.8. The van der Waals surface area contributed by atoms with Gasteiger partial charge >= 0.3 is 5.97 Å². The topological polar surface area (TPSA) is 72.2 Å². The van der Waals surface area contributed by atoms with E-state index in [4.69, 9.17) is 16.7 Å². The Morgan fingerprint density at radius 1 is 1.20 bits per heavy atom. The minimum Gasteiger partial charge on any atom is -0.478 e. The van der Waals surface area contributed by atoms with Gasteiger partial charge in [-0.05, 0) is 61.9 Å². The monoisotopic (exact) mass is 426 g/mol. The van der Waals surface area contributed by atoms with Crippen LogP contribution in [0.3, 0.4) is 0 Å². The number of aromatic nitrogens is 2. The quantitative estimate of drug-likeness (QED) is 0.624. The van der Waals surface area contributed by atoms with Crippen molar-refractivity contribution in [3.63, 3.8) is 0 Å². The van der Waals surface area contributed by atoms with Gasteiger partial charge in [0.2, 0.25) is 0 Å². The smallest absolute Gasteiger partial charge is 0.335 e. The van der Waals surface area contributed by atoms with E-state index in [1.165, 1.54) is 16.8 Å². The minimum atomic E-state index is -1.20. The molecule has 0 bridgehead atoms. The number of carbonyl (C=O) groups is 2. The Hall–Kier alpha value is -2.99. The van der Waals surface area contributed by atoms with Crippen LogP contribution in [0.4, 0.5) is 4.39 Å². The molecule has 0 saturated heterocycles. The molecular weight excluding hydrogens is 407 g/mol. The van der Waals surface area contributed by atoms with E-state index in [-0.39, 0.29) is 17.0 Å². The number of fused-ring (bicyclic) bond motifs is 1. The fraction of sp³-hybridized carbons (Fsp3) is 0.261. The first kappa shape index (κ1) is 20.3. The average Bonchev–Trinajstić information content (AvgIpc) is 3.12. The molecule has 1 aliphatic carbocycles. The number of hydrogen-bond acceptors (Lipinski definition) is 3. The molecule has 1 N–H and O–H groups in total. The van der Waals surface area contributed by atoms with Gasteiger partial charge in [0.25, 0.3) is 5.91 Å². The van der Waals surface area contributed by atoms with Gasteiger partial charge in [-0.2, -0.15) is 9.78 Å². The van der Waals surface area contributed by atoms with E-state index in [0.29, 0.717) is 35.5 Å². The highest BCUT2D eigenvalue weighted by molar-refractivity contribution is 6.34. The van der Waals surface area contributed by atoms with Crippen molar-refractivity contribution in [1.82, 2.24) is 9.78 Å². The summed E-state index contributed by atoms with van der Waals surface area (Å²) in [6.45, 7) is 1.95. The van der Waals surface area contributed by atoms with Crippen LogP contribution in [-0.4, -0.2) is 26.8 Å². The lowest BCUT2D eigenvalue weighted by Gasteiger charge is -2.15. The van der Waals surface area contributed by atoms with Crippen molar-refractivity contribution in [3.05, 3.63) is 75.2 Å². The first-order chi connectivity index (χ1) is 14.4. The van der Waals surface area contributed by atoms with Crippen molar-refractivity contribution in [2.75, 3.05) is 0 Å². The molecule has 0 saturated carbocycles. The van der Waals surface area contributed by atoms with Gasteiger partial charge < -0.3 is 5.11 Å². The molecule has 3 aromatic rings. The molecule has 1 aliphatic rings. The lowest BCUT2D eigenvalue weighted by molar-refractivity contribution is 0.0696. The molecule has 154 valence electrons. The summed E-state index contributed by atoms with van der Waals surface area (Å²) in [4.78, 5) is 24.6. The molecule has 5 nitrogen and oxygen atoms in total. The third-order valence-corrected chi connectivity index (χ3v) is 5.85. The second kappa shape index (κ2) is 8.03.